The zero-order chi connectivity index (χ0) is 20.9. The highest BCUT2D eigenvalue weighted by Crippen LogP contribution is 2.39. The van der Waals surface area contributed by atoms with E-state index in [1.807, 2.05) is 24.1 Å². The van der Waals surface area contributed by atoms with Crippen molar-refractivity contribution in [3.8, 4) is 11.3 Å². The Bertz CT molecular complexity index is 1310. The summed E-state index contributed by atoms with van der Waals surface area (Å²) in [6.07, 6.45) is 9.52. The molecule has 7 nitrogen and oxygen atoms in total. The summed E-state index contributed by atoms with van der Waals surface area (Å²) in [5.41, 5.74) is 8.14. The summed E-state index contributed by atoms with van der Waals surface area (Å²) in [7, 11) is 0. The predicted octanol–water partition coefficient (Wildman–Crippen LogP) is 4.31. The molecule has 0 atom stereocenters. The Morgan fingerprint density at radius 3 is 2.55 bits per heavy atom. The second-order valence-corrected chi connectivity index (χ2v) is 8.84. The molecule has 1 aromatic carbocycles. The number of likely N-dealkylation sites (tertiary alicyclic amines) is 1. The summed E-state index contributed by atoms with van der Waals surface area (Å²) in [6.45, 7) is 3.68. The van der Waals surface area contributed by atoms with E-state index < -0.39 is 0 Å². The number of amides is 1. The van der Waals surface area contributed by atoms with E-state index in [2.05, 4.69) is 26.5 Å². The van der Waals surface area contributed by atoms with Crippen LogP contribution >= 0.6 is 0 Å². The second kappa shape index (κ2) is 7.18. The molecule has 0 unspecified atom stereocenters. The highest BCUT2D eigenvalue weighted by Gasteiger charge is 2.27. The molecular formula is C24H26N6O. The lowest BCUT2D eigenvalue weighted by Gasteiger charge is -2.26. The summed E-state index contributed by atoms with van der Waals surface area (Å²) >= 11 is 0. The number of nitrogens with one attached hydrogen (secondary N) is 2. The first-order valence-electron chi connectivity index (χ1n) is 11.3. The number of aryl methyl sites for hydroxylation is 2. The van der Waals surface area contributed by atoms with Crippen molar-refractivity contribution in [2.24, 2.45) is 0 Å². The van der Waals surface area contributed by atoms with Gasteiger partial charge in [-0.2, -0.15) is 10.2 Å². The molecule has 1 amide bonds. The maximum atomic E-state index is 13.4. The van der Waals surface area contributed by atoms with Gasteiger partial charge in [-0.25, -0.2) is 4.98 Å². The van der Waals surface area contributed by atoms with Crippen molar-refractivity contribution >= 4 is 27.7 Å². The van der Waals surface area contributed by atoms with Crippen molar-refractivity contribution < 1.29 is 4.79 Å². The number of hydrogen-bond donors (Lipinski definition) is 2. The molecule has 6 rings (SSSR count). The molecule has 2 aliphatic rings. The van der Waals surface area contributed by atoms with Crippen molar-refractivity contribution in [1.82, 2.24) is 30.3 Å². The highest BCUT2D eigenvalue weighted by atomic mass is 16.2. The molecule has 1 saturated heterocycles. The molecule has 0 spiro atoms. The summed E-state index contributed by atoms with van der Waals surface area (Å²) in [5, 5.41) is 16.9. The van der Waals surface area contributed by atoms with Crippen molar-refractivity contribution in [2.75, 3.05) is 13.1 Å². The number of nitrogens with zero attached hydrogens (tertiary/aromatic N) is 4. The Morgan fingerprint density at radius 2 is 1.77 bits per heavy atom. The number of rotatable bonds is 2. The Morgan fingerprint density at radius 1 is 0.968 bits per heavy atom. The van der Waals surface area contributed by atoms with Crippen LogP contribution in [0.15, 0.2) is 18.3 Å². The first kappa shape index (κ1) is 18.5. The van der Waals surface area contributed by atoms with Crippen molar-refractivity contribution in [2.45, 2.75) is 51.9 Å². The fraction of sp³-hybridized carbons (Fsp3) is 0.417. The molecule has 1 fully saturated rings. The average Bonchev–Trinajstić information content (AvgIpc) is 3.44. The third kappa shape index (κ3) is 2.86. The third-order valence-corrected chi connectivity index (χ3v) is 6.93. The molecule has 0 bridgehead atoms. The van der Waals surface area contributed by atoms with Crippen molar-refractivity contribution in [1.29, 1.82) is 0 Å². The van der Waals surface area contributed by atoms with Gasteiger partial charge in [-0.05, 0) is 75.1 Å². The predicted molar refractivity (Wildman–Crippen MR) is 120 cm³/mol. The summed E-state index contributed by atoms with van der Waals surface area (Å²) in [5.74, 6) is 0.0396. The first-order valence-corrected chi connectivity index (χ1v) is 11.3. The summed E-state index contributed by atoms with van der Waals surface area (Å²) in [6, 6.07) is 4.06. The highest BCUT2D eigenvalue weighted by molar-refractivity contribution is 6.17. The van der Waals surface area contributed by atoms with Gasteiger partial charge in [0.15, 0.2) is 5.69 Å². The van der Waals surface area contributed by atoms with E-state index in [1.165, 1.54) is 17.5 Å². The Balaban J connectivity index is 1.62. The molecule has 3 aromatic heterocycles. The minimum Gasteiger partial charge on any atom is -0.337 e. The van der Waals surface area contributed by atoms with Crippen LogP contribution in [-0.4, -0.2) is 49.3 Å². The Hall–Kier alpha value is -3.22. The Labute approximate surface area is 180 Å². The minimum atomic E-state index is 0.0396. The van der Waals surface area contributed by atoms with Gasteiger partial charge >= 0.3 is 0 Å². The fourth-order valence-corrected chi connectivity index (χ4v) is 5.35. The van der Waals surface area contributed by atoms with Crippen LogP contribution in [0.1, 0.15) is 59.4 Å². The maximum absolute atomic E-state index is 13.4. The zero-order valence-electron chi connectivity index (χ0n) is 17.8. The van der Waals surface area contributed by atoms with E-state index in [-0.39, 0.29) is 5.91 Å². The smallest absolute Gasteiger partial charge is 0.275 e. The topological polar surface area (TPSA) is 90.6 Å². The van der Waals surface area contributed by atoms with Gasteiger partial charge < -0.3 is 4.90 Å². The molecular weight excluding hydrogens is 388 g/mol. The lowest BCUT2D eigenvalue weighted by molar-refractivity contribution is 0.0720. The molecule has 1 aliphatic heterocycles. The monoisotopic (exact) mass is 414 g/mol. The quantitative estimate of drug-likeness (QED) is 0.511. The van der Waals surface area contributed by atoms with Crippen LogP contribution < -0.4 is 0 Å². The van der Waals surface area contributed by atoms with Crippen LogP contribution in [0.5, 0.6) is 0 Å². The SMILES string of the molecule is Cc1[nH]ncc1-c1nc2ccc3[nH]nc(C(=O)N4CCCCC4)c3c2c2c1CCCC2. The van der Waals surface area contributed by atoms with E-state index in [4.69, 9.17) is 4.98 Å². The fourth-order valence-electron chi connectivity index (χ4n) is 5.35. The maximum Gasteiger partial charge on any atom is 0.275 e. The van der Waals surface area contributed by atoms with Gasteiger partial charge in [0.25, 0.3) is 5.91 Å². The van der Waals surface area contributed by atoms with Crippen LogP contribution in [0.25, 0.3) is 33.1 Å². The van der Waals surface area contributed by atoms with Crippen LogP contribution in [-0.2, 0) is 12.8 Å². The summed E-state index contributed by atoms with van der Waals surface area (Å²) in [4.78, 5) is 20.5. The van der Waals surface area contributed by atoms with Crippen molar-refractivity contribution in [3.05, 3.63) is 40.8 Å². The molecule has 0 saturated carbocycles. The van der Waals surface area contributed by atoms with Gasteiger partial charge in [0.05, 0.1) is 22.9 Å². The molecule has 0 radical (unpaired) electrons. The van der Waals surface area contributed by atoms with Crippen LogP contribution in [0.2, 0.25) is 0 Å². The lowest BCUT2D eigenvalue weighted by atomic mass is 9.85. The number of aromatic amines is 2. The second-order valence-electron chi connectivity index (χ2n) is 8.84. The third-order valence-electron chi connectivity index (χ3n) is 6.93. The standard InChI is InChI=1S/C24H26N6O/c1-14-17(13-25-27-14)22-16-8-4-3-7-15(16)20-18(26-22)9-10-19-21(20)23(29-28-19)24(31)30-11-5-2-6-12-30/h9-10,13H,2-8,11-12H2,1H3,(H,25,27)(H,28,29). The van der Waals surface area contributed by atoms with Gasteiger partial charge in [-0.15, -0.1) is 0 Å². The van der Waals surface area contributed by atoms with E-state index in [0.717, 1.165) is 90.4 Å². The van der Waals surface area contributed by atoms with Gasteiger partial charge in [-0.1, -0.05) is 0 Å². The van der Waals surface area contributed by atoms with E-state index >= 15 is 0 Å². The lowest BCUT2D eigenvalue weighted by Crippen LogP contribution is -2.35. The molecule has 1 aliphatic carbocycles. The number of benzene rings is 1. The summed E-state index contributed by atoms with van der Waals surface area (Å²) < 4.78 is 0. The molecule has 7 heteroatoms. The van der Waals surface area contributed by atoms with Crippen LogP contribution in [0, 0.1) is 6.92 Å². The molecule has 4 aromatic rings. The number of hydrogen-bond acceptors (Lipinski definition) is 4. The van der Waals surface area contributed by atoms with Crippen molar-refractivity contribution in [3.63, 3.8) is 0 Å². The van der Waals surface area contributed by atoms with Gasteiger partial charge in [0.1, 0.15) is 0 Å². The van der Waals surface area contributed by atoms with E-state index in [9.17, 15) is 4.79 Å². The van der Waals surface area contributed by atoms with E-state index in [0.29, 0.717) is 5.69 Å². The number of carbonyl (C=O) groups excluding carboxylic acids is 1. The minimum absolute atomic E-state index is 0.0396. The van der Waals surface area contributed by atoms with Crippen LogP contribution in [0.3, 0.4) is 0 Å². The van der Waals surface area contributed by atoms with E-state index in [1.54, 1.807) is 0 Å². The number of aromatic nitrogens is 5. The zero-order valence-corrected chi connectivity index (χ0v) is 17.8. The number of piperidine rings is 1. The van der Waals surface area contributed by atoms with Gasteiger partial charge in [-0.3, -0.25) is 15.0 Å². The first-order chi connectivity index (χ1) is 15.2. The normalized spacial score (nSPS) is 16.7. The molecule has 158 valence electrons. The molecule has 4 heterocycles. The van der Waals surface area contributed by atoms with Crippen LogP contribution in [0.4, 0.5) is 0 Å². The average molecular weight is 415 g/mol. The number of pyridine rings is 1. The van der Waals surface area contributed by atoms with Gasteiger partial charge in [0.2, 0.25) is 0 Å². The number of carbonyl (C=O) groups is 1. The number of H-pyrrole nitrogens is 2. The van der Waals surface area contributed by atoms with Gasteiger partial charge in [0, 0.05) is 35.1 Å². The Kier molecular flexibility index (Phi) is 4.30. The number of fused-ring (bicyclic) bond motifs is 5. The molecule has 31 heavy (non-hydrogen) atoms. The largest absolute Gasteiger partial charge is 0.337 e. The molecule has 2 N–H and O–H groups in total.